The predicted molar refractivity (Wildman–Crippen MR) is 181 cm³/mol. The molecule has 0 N–H and O–H groups in total. The molecule has 1 aliphatic heterocycles. The van der Waals surface area contributed by atoms with Crippen LogP contribution in [-0.4, -0.2) is 32.9 Å². The van der Waals surface area contributed by atoms with Gasteiger partial charge in [-0.3, -0.25) is 14.2 Å². The van der Waals surface area contributed by atoms with Gasteiger partial charge in [-0.25, -0.2) is 4.98 Å². The van der Waals surface area contributed by atoms with Crippen molar-refractivity contribution in [3.63, 3.8) is 0 Å². The van der Waals surface area contributed by atoms with E-state index in [0.29, 0.717) is 39.3 Å². The summed E-state index contributed by atoms with van der Waals surface area (Å²) >= 11 is 7.54. The number of benzene rings is 2. The van der Waals surface area contributed by atoms with E-state index in [2.05, 4.69) is 45.9 Å². The minimum absolute atomic E-state index is 0.0388. The van der Waals surface area contributed by atoms with E-state index < -0.39 is 0 Å². The van der Waals surface area contributed by atoms with E-state index in [1.165, 1.54) is 11.3 Å². The average Bonchev–Trinajstić information content (AvgIpc) is 3.48. The molecule has 0 radical (unpaired) electrons. The van der Waals surface area contributed by atoms with Crippen LogP contribution in [0.4, 0.5) is 0 Å². The molecule has 224 valence electrons. The number of carbonyl (C=O) groups excluding carboxylic acids is 1. The number of allylic oxidation sites excluding steroid dienone is 1. The third-order valence-electron chi connectivity index (χ3n) is 8.59. The molecule has 3 heterocycles. The number of thiazole rings is 1. The Morgan fingerprint density at radius 3 is 2.37 bits per heavy atom. The minimum Gasteiger partial charge on any atom is -0.336 e. The number of hydrogen-bond acceptors (Lipinski definition) is 4. The van der Waals surface area contributed by atoms with Crippen LogP contribution in [0.3, 0.4) is 0 Å². The van der Waals surface area contributed by atoms with Crippen molar-refractivity contribution in [1.82, 2.24) is 14.5 Å². The first kappa shape index (κ1) is 31.0. The van der Waals surface area contributed by atoms with Crippen molar-refractivity contribution in [3.8, 4) is 27.5 Å². The number of aryl methyl sites for hydroxylation is 2. The standard InChI is InChI=1S/C36H40ClN3O2S/c1-7-25-12-9-13-26(8-2)33(25)40-32(19-22(3)4)29(35(41)39-18-10-11-23(5)24(39)6)20-30(36(40)42)34-38-31(21-43-34)27-14-16-28(37)17-15-27/h9,12-17,19-21,23-24H,7-8,10-11,18H2,1-6H3. The summed E-state index contributed by atoms with van der Waals surface area (Å²) in [4.78, 5) is 36.2. The predicted octanol–water partition coefficient (Wildman–Crippen LogP) is 9.09. The van der Waals surface area contributed by atoms with Crippen molar-refractivity contribution in [1.29, 1.82) is 0 Å². The molecule has 1 amide bonds. The Kier molecular flexibility index (Phi) is 9.38. The third kappa shape index (κ3) is 6.13. The Morgan fingerprint density at radius 1 is 1.07 bits per heavy atom. The third-order valence-corrected chi connectivity index (χ3v) is 9.72. The second-order valence-corrected chi connectivity index (χ2v) is 13.0. The van der Waals surface area contributed by atoms with E-state index in [1.54, 1.807) is 10.6 Å². The highest BCUT2D eigenvalue weighted by Gasteiger charge is 2.32. The van der Waals surface area contributed by atoms with Crippen molar-refractivity contribution in [2.45, 2.75) is 73.3 Å². The Hall–Kier alpha value is -3.48. The summed E-state index contributed by atoms with van der Waals surface area (Å²) in [5.41, 5.74) is 7.15. The summed E-state index contributed by atoms with van der Waals surface area (Å²) in [7, 11) is 0. The summed E-state index contributed by atoms with van der Waals surface area (Å²) in [5, 5.41) is 3.20. The highest BCUT2D eigenvalue weighted by molar-refractivity contribution is 7.13. The van der Waals surface area contributed by atoms with Gasteiger partial charge in [-0.15, -0.1) is 11.3 Å². The quantitative estimate of drug-likeness (QED) is 0.209. The van der Waals surface area contributed by atoms with Gasteiger partial charge in [0.05, 0.1) is 28.2 Å². The van der Waals surface area contributed by atoms with Gasteiger partial charge in [-0.1, -0.05) is 68.3 Å². The molecule has 2 aromatic carbocycles. The lowest BCUT2D eigenvalue weighted by Gasteiger charge is -2.38. The van der Waals surface area contributed by atoms with Gasteiger partial charge in [-0.05, 0) is 87.8 Å². The Labute approximate surface area is 263 Å². The van der Waals surface area contributed by atoms with Crippen molar-refractivity contribution in [2.75, 3.05) is 6.54 Å². The highest BCUT2D eigenvalue weighted by atomic mass is 35.5. The number of piperidine rings is 1. The van der Waals surface area contributed by atoms with Crippen LogP contribution in [0.2, 0.25) is 5.02 Å². The van der Waals surface area contributed by atoms with Gasteiger partial charge >= 0.3 is 0 Å². The largest absolute Gasteiger partial charge is 0.336 e. The van der Waals surface area contributed by atoms with E-state index in [9.17, 15) is 9.59 Å². The maximum absolute atomic E-state index is 14.7. The molecule has 1 fully saturated rings. The monoisotopic (exact) mass is 613 g/mol. The van der Waals surface area contributed by atoms with Crippen LogP contribution in [-0.2, 0) is 12.8 Å². The van der Waals surface area contributed by atoms with Crippen LogP contribution in [0.1, 0.15) is 81.6 Å². The molecule has 0 spiro atoms. The molecule has 2 atom stereocenters. The fourth-order valence-electron chi connectivity index (χ4n) is 6.02. The van der Waals surface area contributed by atoms with Crippen molar-refractivity contribution < 1.29 is 4.79 Å². The number of carbonyl (C=O) groups is 1. The molecular formula is C36H40ClN3O2S. The average molecular weight is 614 g/mol. The molecular weight excluding hydrogens is 574 g/mol. The SMILES string of the molecule is CCc1cccc(CC)c1-n1c(C=C(C)C)c(C(=O)N2CCCC(C)C2C)cc(-c2nc(-c3ccc(Cl)cc3)cs2)c1=O. The van der Waals surface area contributed by atoms with Crippen LogP contribution >= 0.6 is 22.9 Å². The van der Waals surface area contributed by atoms with E-state index in [-0.39, 0.29) is 17.5 Å². The van der Waals surface area contributed by atoms with Crippen LogP contribution in [0, 0.1) is 5.92 Å². The van der Waals surface area contributed by atoms with E-state index in [4.69, 9.17) is 16.6 Å². The topological polar surface area (TPSA) is 55.2 Å². The molecule has 1 saturated heterocycles. The highest BCUT2D eigenvalue weighted by Crippen LogP contribution is 2.33. The van der Waals surface area contributed by atoms with E-state index in [0.717, 1.165) is 59.3 Å². The fourth-order valence-corrected chi connectivity index (χ4v) is 6.98. The smallest absolute Gasteiger partial charge is 0.265 e. The zero-order valence-corrected chi connectivity index (χ0v) is 27.5. The number of hydrogen-bond donors (Lipinski definition) is 0. The van der Waals surface area contributed by atoms with Crippen molar-refractivity contribution in [3.05, 3.63) is 97.2 Å². The molecule has 7 heteroatoms. The van der Waals surface area contributed by atoms with Crippen molar-refractivity contribution in [2.24, 2.45) is 5.92 Å². The van der Waals surface area contributed by atoms with Crippen LogP contribution < -0.4 is 5.56 Å². The number of likely N-dealkylation sites (tertiary alicyclic amines) is 1. The normalized spacial score (nSPS) is 16.8. The number of para-hydroxylation sites is 1. The van der Waals surface area contributed by atoms with E-state index >= 15 is 0 Å². The van der Waals surface area contributed by atoms with Gasteiger partial charge in [0.15, 0.2) is 0 Å². The lowest BCUT2D eigenvalue weighted by Crippen LogP contribution is -2.46. The van der Waals surface area contributed by atoms with Crippen molar-refractivity contribution >= 4 is 34.9 Å². The molecule has 4 aromatic rings. The summed E-state index contributed by atoms with van der Waals surface area (Å²) in [6.07, 6.45) is 5.58. The maximum atomic E-state index is 14.7. The molecule has 2 aromatic heterocycles. The van der Waals surface area contributed by atoms with Gasteiger partial charge in [0.1, 0.15) is 5.01 Å². The number of aromatic nitrogens is 2. The summed E-state index contributed by atoms with van der Waals surface area (Å²) in [6.45, 7) is 13.3. The number of halogens is 1. The van der Waals surface area contributed by atoms with Gasteiger partial charge in [0, 0.05) is 28.6 Å². The second-order valence-electron chi connectivity index (χ2n) is 11.8. The Bertz CT molecular complexity index is 1710. The number of pyridine rings is 1. The Balaban J connectivity index is 1.83. The number of nitrogens with zero attached hydrogens (tertiary/aromatic N) is 3. The van der Waals surface area contributed by atoms with Gasteiger partial charge in [-0.2, -0.15) is 0 Å². The molecule has 5 nitrogen and oxygen atoms in total. The van der Waals surface area contributed by atoms with Gasteiger partial charge < -0.3 is 4.90 Å². The number of rotatable bonds is 7. The van der Waals surface area contributed by atoms with Crippen LogP contribution in [0.15, 0.2) is 64.3 Å². The molecule has 2 unspecified atom stereocenters. The van der Waals surface area contributed by atoms with Gasteiger partial charge in [0.2, 0.25) is 0 Å². The maximum Gasteiger partial charge on any atom is 0.265 e. The molecule has 43 heavy (non-hydrogen) atoms. The molecule has 5 rings (SSSR count). The lowest BCUT2D eigenvalue weighted by atomic mass is 9.91. The molecule has 0 aliphatic carbocycles. The molecule has 0 saturated carbocycles. The summed E-state index contributed by atoms with van der Waals surface area (Å²) in [6, 6.07) is 15.6. The first-order valence-corrected chi connectivity index (χ1v) is 16.5. The fraction of sp³-hybridized carbons (Fsp3) is 0.361. The molecule has 1 aliphatic rings. The summed E-state index contributed by atoms with van der Waals surface area (Å²) < 4.78 is 1.80. The van der Waals surface area contributed by atoms with Crippen LogP contribution in [0.25, 0.3) is 33.6 Å². The zero-order valence-electron chi connectivity index (χ0n) is 25.9. The number of amides is 1. The second kappa shape index (κ2) is 13.0. The molecule has 0 bridgehead atoms. The lowest BCUT2D eigenvalue weighted by molar-refractivity contribution is 0.0550. The van der Waals surface area contributed by atoms with Gasteiger partial charge in [0.25, 0.3) is 11.5 Å². The minimum atomic E-state index is -0.170. The van der Waals surface area contributed by atoms with Crippen LogP contribution in [0.5, 0.6) is 0 Å². The first-order chi connectivity index (χ1) is 20.6. The Morgan fingerprint density at radius 2 is 1.74 bits per heavy atom. The van der Waals surface area contributed by atoms with E-state index in [1.807, 2.05) is 54.5 Å². The summed E-state index contributed by atoms with van der Waals surface area (Å²) in [5.74, 6) is 0.367. The first-order valence-electron chi connectivity index (χ1n) is 15.2. The zero-order chi connectivity index (χ0) is 30.8.